The highest BCUT2D eigenvalue weighted by molar-refractivity contribution is 5.76. The van der Waals surface area contributed by atoms with E-state index in [-0.39, 0.29) is 18.5 Å². The predicted molar refractivity (Wildman–Crippen MR) is 241 cm³/mol. The molecule has 330 valence electrons. The van der Waals surface area contributed by atoms with Crippen molar-refractivity contribution in [3.05, 3.63) is 24.3 Å². The molecule has 0 rings (SSSR count). The fourth-order valence-corrected chi connectivity index (χ4v) is 7.39. The second-order valence-electron chi connectivity index (χ2n) is 16.8. The highest BCUT2D eigenvalue weighted by Gasteiger charge is 2.18. The van der Waals surface area contributed by atoms with Crippen LogP contribution in [0.4, 0.5) is 0 Å². The third-order valence-corrected chi connectivity index (χ3v) is 11.2. The largest absolute Gasteiger partial charge is 0.466 e. The van der Waals surface area contributed by atoms with Gasteiger partial charge in [-0.2, -0.15) is 0 Å². The molecule has 56 heavy (non-hydrogen) atoms. The molecule has 2 unspecified atom stereocenters. The van der Waals surface area contributed by atoms with Crippen LogP contribution >= 0.6 is 0 Å². The van der Waals surface area contributed by atoms with Crippen molar-refractivity contribution in [3.63, 3.8) is 0 Å². The van der Waals surface area contributed by atoms with Crippen molar-refractivity contribution in [1.82, 2.24) is 5.32 Å². The summed E-state index contributed by atoms with van der Waals surface area (Å²) in [7, 11) is 0. The summed E-state index contributed by atoms with van der Waals surface area (Å²) in [4.78, 5) is 24.4. The number of carbonyl (C=O) groups is 2. The molecule has 0 bridgehead atoms. The Morgan fingerprint density at radius 2 is 0.839 bits per heavy atom. The molecule has 2 atom stereocenters. The highest BCUT2D eigenvalue weighted by atomic mass is 16.5. The molecule has 0 saturated heterocycles. The van der Waals surface area contributed by atoms with Gasteiger partial charge < -0.3 is 20.3 Å². The maximum absolute atomic E-state index is 12.4. The van der Waals surface area contributed by atoms with Gasteiger partial charge in [-0.3, -0.25) is 9.59 Å². The molecular formula is C50H95NO5. The Hall–Kier alpha value is -1.66. The van der Waals surface area contributed by atoms with Crippen molar-refractivity contribution in [2.75, 3.05) is 13.2 Å². The number of hydrogen-bond acceptors (Lipinski definition) is 5. The minimum absolute atomic E-state index is 0.0244. The van der Waals surface area contributed by atoms with Gasteiger partial charge >= 0.3 is 5.97 Å². The zero-order valence-electron chi connectivity index (χ0n) is 37.4. The quantitative estimate of drug-likeness (QED) is 0.0324. The Balaban J connectivity index is 3.51. The summed E-state index contributed by atoms with van der Waals surface area (Å²) in [5.41, 5.74) is 0. The number of amides is 1. The number of aliphatic hydroxyl groups excluding tert-OH is 2. The molecule has 0 radical (unpaired) electrons. The van der Waals surface area contributed by atoms with E-state index in [1.807, 2.05) is 6.08 Å². The number of esters is 1. The molecule has 0 fully saturated rings. The van der Waals surface area contributed by atoms with Crippen LogP contribution in [0.1, 0.15) is 258 Å². The van der Waals surface area contributed by atoms with Crippen molar-refractivity contribution in [2.45, 2.75) is 270 Å². The van der Waals surface area contributed by atoms with Gasteiger partial charge in [-0.15, -0.1) is 0 Å². The number of aliphatic hydroxyl groups is 2. The summed E-state index contributed by atoms with van der Waals surface area (Å²) < 4.78 is 5.44. The molecular weight excluding hydrogens is 695 g/mol. The molecule has 6 heteroatoms. The molecule has 0 aromatic carbocycles. The fraction of sp³-hybridized carbons (Fsp3) is 0.880. The first kappa shape index (κ1) is 54.3. The van der Waals surface area contributed by atoms with Crippen LogP contribution < -0.4 is 5.32 Å². The first-order valence-corrected chi connectivity index (χ1v) is 24.6. The molecule has 1 amide bonds. The summed E-state index contributed by atoms with van der Waals surface area (Å²) in [6, 6.07) is -0.641. The summed E-state index contributed by atoms with van der Waals surface area (Å²) in [5.74, 6) is -0.112. The summed E-state index contributed by atoms with van der Waals surface area (Å²) in [6.45, 7) is 4.84. The van der Waals surface area contributed by atoms with Gasteiger partial charge in [0.1, 0.15) is 0 Å². The monoisotopic (exact) mass is 790 g/mol. The molecule has 0 aliphatic carbocycles. The molecule has 6 nitrogen and oxygen atoms in total. The Morgan fingerprint density at radius 1 is 0.482 bits per heavy atom. The number of nitrogens with one attached hydrogen (secondary N) is 1. The third-order valence-electron chi connectivity index (χ3n) is 11.2. The van der Waals surface area contributed by atoms with Crippen LogP contribution in [-0.2, 0) is 14.3 Å². The molecule has 0 spiro atoms. The van der Waals surface area contributed by atoms with Crippen LogP contribution in [0.2, 0.25) is 0 Å². The number of rotatable bonds is 45. The lowest BCUT2D eigenvalue weighted by molar-refractivity contribution is -0.143. The molecule has 3 N–H and O–H groups in total. The predicted octanol–water partition coefficient (Wildman–Crippen LogP) is 14.3. The molecule has 0 aliphatic heterocycles. The average molecular weight is 790 g/mol. The van der Waals surface area contributed by atoms with Crippen LogP contribution in [-0.4, -0.2) is 47.4 Å². The lowest BCUT2D eigenvalue weighted by Crippen LogP contribution is -2.45. The van der Waals surface area contributed by atoms with E-state index in [4.69, 9.17) is 4.74 Å². The maximum atomic E-state index is 12.4. The van der Waals surface area contributed by atoms with E-state index < -0.39 is 12.1 Å². The van der Waals surface area contributed by atoms with E-state index in [0.29, 0.717) is 19.4 Å². The van der Waals surface area contributed by atoms with Gasteiger partial charge in [0, 0.05) is 12.8 Å². The second kappa shape index (κ2) is 46.0. The fourth-order valence-electron chi connectivity index (χ4n) is 7.39. The maximum Gasteiger partial charge on any atom is 0.305 e. The van der Waals surface area contributed by atoms with Crippen molar-refractivity contribution >= 4 is 11.9 Å². The zero-order chi connectivity index (χ0) is 40.8. The van der Waals surface area contributed by atoms with Gasteiger partial charge in [0.15, 0.2) is 0 Å². The Bertz CT molecular complexity index is 874. The molecule has 0 aromatic heterocycles. The SMILES string of the molecule is CCCCCCC/C=C\CCCCCCCC(=O)OCCCCCCCCCCCCCC(=O)NC(CO)C(O)/C=C/CCCCCCCCCCCCCC. The molecule has 0 heterocycles. The topological polar surface area (TPSA) is 95.9 Å². The Labute approximate surface area is 348 Å². The van der Waals surface area contributed by atoms with Gasteiger partial charge in [-0.05, 0) is 57.8 Å². The van der Waals surface area contributed by atoms with Crippen LogP contribution in [0, 0.1) is 0 Å². The molecule has 0 saturated carbocycles. The van der Waals surface area contributed by atoms with Crippen molar-refractivity contribution in [3.8, 4) is 0 Å². The lowest BCUT2D eigenvalue weighted by atomic mass is 10.0. The van der Waals surface area contributed by atoms with Gasteiger partial charge in [0.2, 0.25) is 5.91 Å². The minimum atomic E-state index is -0.856. The van der Waals surface area contributed by atoms with E-state index >= 15 is 0 Å². The van der Waals surface area contributed by atoms with E-state index in [9.17, 15) is 19.8 Å². The van der Waals surface area contributed by atoms with E-state index in [1.54, 1.807) is 6.08 Å². The second-order valence-corrected chi connectivity index (χ2v) is 16.8. The summed E-state index contributed by atoms with van der Waals surface area (Å²) >= 11 is 0. The normalized spacial score (nSPS) is 12.9. The van der Waals surface area contributed by atoms with Gasteiger partial charge in [0.05, 0.1) is 25.4 Å². The lowest BCUT2D eigenvalue weighted by Gasteiger charge is -2.20. The third kappa shape index (κ3) is 42.0. The van der Waals surface area contributed by atoms with E-state index in [1.165, 1.54) is 173 Å². The van der Waals surface area contributed by atoms with E-state index in [2.05, 4.69) is 31.3 Å². The molecule has 0 aliphatic rings. The van der Waals surface area contributed by atoms with E-state index in [0.717, 1.165) is 57.8 Å². The summed E-state index contributed by atoms with van der Waals surface area (Å²) in [5, 5.41) is 23.0. The van der Waals surface area contributed by atoms with Crippen LogP contribution in [0.15, 0.2) is 24.3 Å². The van der Waals surface area contributed by atoms with Gasteiger partial charge in [0.25, 0.3) is 0 Å². The first-order chi connectivity index (χ1) is 27.5. The molecule has 0 aromatic rings. The smallest absolute Gasteiger partial charge is 0.305 e. The standard InChI is InChI=1S/C50H95NO5/c1-3-5-7-9-11-13-15-17-19-22-26-30-34-38-42-48(53)47(46-52)51-49(54)43-39-35-31-27-23-21-25-29-33-37-41-45-56-50(55)44-40-36-32-28-24-20-18-16-14-12-10-8-6-4-2/h16,18,38,42,47-48,52-53H,3-15,17,19-37,39-41,43-46H2,1-2H3,(H,51,54)/b18-16-,42-38+. The Morgan fingerprint density at radius 3 is 1.27 bits per heavy atom. The van der Waals surface area contributed by atoms with Gasteiger partial charge in [-0.25, -0.2) is 0 Å². The Kier molecular flexibility index (Phi) is 44.7. The van der Waals surface area contributed by atoms with Crippen molar-refractivity contribution in [1.29, 1.82) is 0 Å². The first-order valence-electron chi connectivity index (χ1n) is 24.6. The minimum Gasteiger partial charge on any atom is -0.466 e. The van der Waals surface area contributed by atoms with Gasteiger partial charge in [-0.1, -0.05) is 212 Å². The number of unbranched alkanes of at least 4 members (excludes halogenated alkanes) is 32. The van der Waals surface area contributed by atoms with Crippen LogP contribution in [0.3, 0.4) is 0 Å². The van der Waals surface area contributed by atoms with Crippen molar-refractivity contribution in [2.24, 2.45) is 0 Å². The number of allylic oxidation sites excluding steroid dienone is 3. The zero-order valence-corrected chi connectivity index (χ0v) is 37.4. The van der Waals surface area contributed by atoms with Crippen LogP contribution in [0.25, 0.3) is 0 Å². The number of carbonyl (C=O) groups excluding carboxylic acids is 2. The average Bonchev–Trinajstić information content (AvgIpc) is 3.20. The van der Waals surface area contributed by atoms with Crippen molar-refractivity contribution < 1.29 is 24.5 Å². The van der Waals surface area contributed by atoms with Crippen LogP contribution in [0.5, 0.6) is 0 Å². The summed E-state index contributed by atoms with van der Waals surface area (Å²) in [6.07, 6.45) is 53.0. The number of hydrogen-bond donors (Lipinski definition) is 3. The highest BCUT2D eigenvalue weighted by Crippen LogP contribution is 2.15. The number of ether oxygens (including phenoxy) is 1.